The number of rotatable bonds is 6. The van der Waals surface area contributed by atoms with Gasteiger partial charge in [-0.05, 0) is 92.1 Å². The van der Waals surface area contributed by atoms with Gasteiger partial charge < -0.3 is 0 Å². The monoisotopic (exact) mass is 627 g/mol. The maximum absolute atomic E-state index is 5.52. The number of benzene rings is 6. The predicted molar refractivity (Wildman–Crippen MR) is 206 cm³/mol. The molecule has 0 bridgehead atoms. The standard InChI is InChI=1S/C48H37N/c1-33-46(42-20-10-13-23-45(42)48(33)43-21-11-8-18-40(43)41-19-9-12-22-44(41)48)47(39-16-6-3-7-17-39)49-32-34-24-26-36(27-25-34)38-30-28-37(29-31-38)35-14-4-2-5-15-35/h2-6,8-16,18-31H,7,17,32H2,1H3/b49-47-. The van der Waals surface area contributed by atoms with Crippen molar-refractivity contribution in [1.29, 1.82) is 0 Å². The van der Waals surface area contributed by atoms with Crippen molar-refractivity contribution in [1.82, 2.24) is 0 Å². The molecule has 49 heavy (non-hydrogen) atoms. The van der Waals surface area contributed by atoms with Crippen LogP contribution in [0.1, 0.15) is 47.6 Å². The van der Waals surface area contributed by atoms with Gasteiger partial charge in [-0.25, -0.2) is 0 Å². The highest BCUT2D eigenvalue weighted by Gasteiger charge is 2.51. The van der Waals surface area contributed by atoms with Gasteiger partial charge >= 0.3 is 0 Å². The lowest BCUT2D eigenvalue weighted by atomic mass is 9.70. The first-order chi connectivity index (χ1) is 24.2. The molecule has 0 fully saturated rings. The third-order valence-corrected chi connectivity index (χ3v) is 10.7. The zero-order valence-corrected chi connectivity index (χ0v) is 27.7. The third kappa shape index (κ3) is 4.72. The molecule has 0 aromatic heterocycles. The fourth-order valence-electron chi connectivity index (χ4n) is 8.45. The molecule has 0 saturated heterocycles. The first kappa shape index (κ1) is 29.4. The van der Waals surface area contributed by atoms with E-state index in [1.165, 1.54) is 77.9 Å². The molecule has 1 heteroatoms. The van der Waals surface area contributed by atoms with Crippen LogP contribution in [-0.4, -0.2) is 5.71 Å². The molecule has 6 aromatic rings. The van der Waals surface area contributed by atoms with E-state index in [1.807, 2.05) is 0 Å². The van der Waals surface area contributed by atoms with Crippen molar-refractivity contribution in [2.75, 3.05) is 0 Å². The molecule has 0 N–H and O–H groups in total. The van der Waals surface area contributed by atoms with Crippen molar-refractivity contribution in [2.24, 2.45) is 4.99 Å². The van der Waals surface area contributed by atoms with Crippen molar-refractivity contribution in [2.45, 2.75) is 31.7 Å². The summed E-state index contributed by atoms with van der Waals surface area (Å²) in [4.78, 5) is 5.52. The number of fused-ring (bicyclic) bond motifs is 7. The van der Waals surface area contributed by atoms with E-state index in [1.54, 1.807) is 0 Å². The Labute approximate surface area is 289 Å². The van der Waals surface area contributed by atoms with Crippen LogP contribution >= 0.6 is 0 Å². The van der Waals surface area contributed by atoms with Crippen LogP contribution in [0.5, 0.6) is 0 Å². The maximum Gasteiger partial charge on any atom is 0.0688 e. The summed E-state index contributed by atoms with van der Waals surface area (Å²) in [6, 6.07) is 55.5. The van der Waals surface area contributed by atoms with Crippen LogP contribution < -0.4 is 0 Å². The zero-order valence-electron chi connectivity index (χ0n) is 27.7. The lowest BCUT2D eigenvalue weighted by Gasteiger charge is -2.31. The SMILES string of the molecule is CC1=C(/C(=N\Cc2ccc(-c3ccc(-c4ccccc4)cc3)cc2)C2=CC=CCC2)c2ccccc2C12c1ccccc1-c1ccccc12. The van der Waals surface area contributed by atoms with Gasteiger partial charge in [-0.15, -0.1) is 0 Å². The molecule has 6 aromatic carbocycles. The van der Waals surface area contributed by atoms with E-state index < -0.39 is 0 Å². The first-order valence-corrected chi connectivity index (χ1v) is 17.4. The van der Waals surface area contributed by atoms with Crippen molar-refractivity contribution in [3.8, 4) is 33.4 Å². The molecule has 9 rings (SSSR count). The van der Waals surface area contributed by atoms with E-state index in [2.05, 4.69) is 177 Å². The van der Waals surface area contributed by atoms with Gasteiger partial charge in [-0.2, -0.15) is 0 Å². The molecule has 0 radical (unpaired) electrons. The van der Waals surface area contributed by atoms with E-state index >= 15 is 0 Å². The average molecular weight is 628 g/mol. The second-order valence-electron chi connectivity index (χ2n) is 13.4. The van der Waals surface area contributed by atoms with Gasteiger partial charge in [0.1, 0.15) is 0 Å². The highest BCUT2D eigenvalue weighted by molar-refractivity contribution is 6.34. The van der Waals surface area contributed by atoms with Gasteiger partial charge in [-0.3, -0.25) is 4.99 Å². The highest BCUT2D eigenvalue weighted by atomic mass is 14.7. The van der Waals surface area contributed by atoms with Gasteiger partial charge in [0.15, 0.2) is 0 Å². The largest absolute Gasteiger partial charge is 0.280 e. The molecule has 1 nitrogen and oxygen atoms in total. The Morgan fingerprint density at radius 1 is 0.551 bits per heavy atom. The van der Waals surface area contributed by atoms with Crippen LogP contribution in [0.25, 0.3) is 39.0 Å². The minimum atomic E-state index is -0.331. The van der Waals surface area contributed by atoms with Crippen molar-refractivity contribution in [3.63, 3.8) is 0 Å². The molecule has 3 aliphatic rings. The number of hydrogen-bond donors (Lipinski definition) is 0. The van der Waals surface area contributed by atoms with Gasteiger partial charge in [0.2, 0.25) is 0 Å². The van der Waals surface area contributed by atoms with E-state index in [0.29, 0.717) is 6.54 Å². The Hall–Kier alpha value is -5.79. The summed E-state index contributed by atoms with van der Waals surface area (Å²) < 4.78 is 0. The normalized spacial score (nSPS) is 15.6. The van der Waals surface area contributed by atoms with E-state index in [4.69, 9.17) is 4.99 Å². The number of aliphatic imine (C=N–C) groups is 1. The van der Waals surface area contributed by atoms with Crippen LogP contribution in [0.4, 0.5) is 0 Å². The third-order valence-electron chi connectivity index (χ3n) is 10.7. The van der Waals surface area contributed by atoms with Gasteiger partial charge in [0, 0.05) is 5.57 Å². The van der Waals surface area contributed by atoms with Crippen LogP contribution in [0.15, 0.2) is 186 Å². The zero-order chi connectivity index (χ0) is 32.8. The molecule has 0 unspecified atom stereocenters. The number of nitrogens with zero attached hydrogens (tertiary/aromatic N) is 1. The first-order valence-electron chi connectivity index (χ1n) is 17.4. The molecule has 1 spiro atoms. The van der Waals surface area contributed by atoms with Crippen molar-refractivity contribution < 1.29 is 0 Å². The van der Waals surface area contributed by atoms with Crippen LogP contribution in [0.2, 0.25) is 0 Å². The Balaban J connectivity index is 1.12. The summed E-state index contributed by atoms with van der Waals surface area (Å²) in [7, 11) is 0. The molecule has 0 aliphatic heterocycles. The second kappa shape index (κ2) is 12.0. The molecular formula is C48H37N. The lowest BCUT2D eigenvalue weighted by molar-refractivity contribution is 0.766. The second-order valence-corrected chi connectivity index (χ2v) is 13.4. The van der Waals surface area contributed by atoms with Crippen molar-refractivity contribution >= 4 is 11.3 Å². The molecule has 0 amide bonds. The molecule has 0 heterocycles. The molecule has 0 saturated carbocycles. The number of allylic oxidation sites excluding steroid dienone is 6. The smallest absolute Gasteiger partial charge is 0.0688 e. The van der Waals surface area contributed by atoms with Gasteiger partial charge in [-0.1, -0.05) is 170 Å². The minimum Gasteiger partial charge on any atom is -0.280 e. The average Bonchev–Trinajstić information content (AvgIpc) is 3.62. The number of hydrogen-bond acceptors (Lipinski definition) is 1. The summed E-state index contributed by atoms with van der Waals surface area (Å²) in [5.74, 6) is 0. The summed E-state index contributed by atoms with van der Waals surface area (Å²) in [5, 5.41) is 0. The van der Waals surface area contributed by atoms with E-state index in [-0.39, 0.29) is 5.41 Å². The van der Waals surface area contributed by atoms with Crippen LogP contribution in [0.3, 0.4) is 0 Å². The molecular weight excluding hydrogens is 591 g/mol. The quantitative estimate of drug-likeness (QED) is 0.163. The maximum atomic E-state index is 5.52. The fraction of sp³-hybridized carbons (Fsp3) is 0.104. The summed E-state index contributed by atoms with van der Waals surface area (Å²) >= 11 is 0. The summed E-state index contributed by atoms with van der Waals surface area (Å²) in [5.41, 5.74) is 19.0. The molecule has 234 valence electrons. The van der Waals surface area contributed by atoms with Gasteiger partial charge in [0.05, 0.1) is 17.7 Å². The molecule has 0 atom stereocenters. The Kier molecular flexibility index (Phi) is 7.20. The Morgan fingerprint density at radius 3 is 1.61 bits per heavy atom. The summed E-state index contributed by atoms with van der Waals surface area (Å²) in [6.45, 7) is 2.99. The van der Waals surface area contributed by atoms with E-state index in [0.717, 1.165) is 18.6 Å². The van der Waals surface area contributed by atoms with Crippen LogP contribution in [-0.2, 0) is 12.0 Å². The Bertz CT molecular complexity index is 2280. The highest BCUT2D eigenvalue weighted by Crippen LogP contribution is 2.62. The molecule has 3 aliphatic carbocycles. The van der Waals surface area contributed by atoms with Gasteiger partial charge in [0.25, 0.3) is 0 Å². The topological polar surface area (TPSA) is 12.4 Å². The minimum absolute atomic E-state index is 0.331. The van der Waals surface area contributed by atoms with E-state index in [9.17, 15) is 0 Å². The van der Waals surface area contributed by atoms with Crippen molar-refractivity contribution in [3.05, 3.63) is 209 Å². The lowest BCUT2D eigenvalue weighted by Crippen LogP contribution is -2.26. The fourth-order valence-corrected chi connectivity index (χ4v) is 8.45. The summed E-state index contributed by atoms with van der Waals surface area (Å²) in [6.07, 6.45) is 8.79. The Morgan fingerprint density at radius 2 is 1.04 bits per heavy atom. The van der Waals surface area contributed by atoms with Crippen LogP contribution in [0, 0.1) is 0 Å². The predicted octanol–water partition coefficient (Wildman–Crippen LogP) is 12.0.